The number of piperidine rings is 1. The minimum Gasteiger partial charge on any atom is -0.384 e. The largest absolute Gasteiger partial charge is 0.384 e. The Hall–Kier alpha value is -1.06. The number of para-hydroxylation sites is 1. The Balaban J connectivity index is 2.10. The highest BCUT2D eigenvalue weighted by Gasteiger charge is 2.21. The summed E-state index contributed by atoms with van der Waals surface area (Å²) in [7, 11) is 1.79. The maximum absolute atomic E-state index is 5.70. The molecule has 0 radical (unpaired) electrons. The van der Waals surface area contributed by atoms with E-state index in [1.807, 2.05) is 0 Å². The van der Waals surface area contributed by atoms with E-state index in [0.717, 1.165) is 26.1 Å². The standard InChI is InChI=1S/C15H24N2O/c1-18-12-13-5-4-10-17(11-13)15-7-3-2-6-14(15)8-9-16/h2-3,6-7,13H,4-5,8-12,16H2,1H3. The van der Waals surface area contributed by atoms with Crippen LogP contribution in [0.5, 0.6) is 0 Å². The van der Waals surface area contributed by atoms with Gasteiger partial charge in [0.15, 0.2) is 0 Å². The molecule has 0 bridgehead atoms. The summed E-state index contributed by atoms with van der Waals surface area (Å²) in [6, 6.07) is 8.64. The van der Waals surface area contributed by atoms with Gasteiger partial charge in [0.2, 0.25) is 0 Å². The first-order valence-corrected chi connectivity index (χ1v) is 6.87. The van der Waals surface area contributed by atoms with Gasteiger partial charge in [0.05, 0.1) is 6.61 Å². The molecule has 0 saturated carbocycles. The van der Waals surface area contributed by atoms with E-state index in [0.29, 0.717) is 12.5 Å². The van der Waals surface area contributed by atoms with Crippen molar-refractivity contribution < 1.29 is 4.74 Å². The minimum absolute atomic E-state index is 0.662. The molecule has 1 aliphatic rings. The van der Waals surface area contributed by atoms with E-state index in [9.17, 15) is 0 Å². The minimum atomic E-state index is 0.662. The van der Waals surface area contributed by atoms with E-state index >= 15 is 0 Å². The van der Waals surface area contributed by atoms with Gasteiger partial charge in [0, 0.05) is 25.9 Å². The molecule has 1 saturated heterocycles. The predicted octanol–water partition coefficient (Wildman–Crippen LogP) is 2.05. The Morgan fingerprint density at radius 3 is 3.00 bits per heavy atom. The number of benzene rings is 1. The molecule has 18 heavy (non-hydrogen) atoms. The van der Waals surface area contributed by atoms with Crippen molar-refractivity contribution >= 4 is 5.69 Å². The zero-order chi connectivity index (χ0) is 12.8. The molecule has 0 aliphatic carbocycles. The Morgan fingerprint density at radius 1 is 1.39 bits per heavy atom. The first kappa shape index (κ1) is 13.4. The molecule has 3 heteroatoms. The van der Waals surface area contributed by atoms with Crippen LogP contribution in [-0.2, 0) is 11.2 Å². The molecule has 100 valence electrons. The van der Waals surface area contributed by atoms with Crippen LogP contribution in [-0.4, -0.2) is 33.4 Å². The lowest BCUT2D eigenvalue weighted by Gasteiger charge is -2.35. The molecule has 1 fully saturated rings. The van der Waals surface area contributed by atoms with Crippen molar-refractivity contribution in [3.63, 3.8) is 0 Å². The van der Waals surface area contributed by atoms with Gasteiger partial charge in [0.1, 0.15) is 0 Å². The summed E-state index contributed by atoms with van der Waals surface area (Å²) in [5, 5.41) is 0. The highest BCUT2D eigenvalue weighted by molar-refractivity contribution is 5.54. The first-order chi connectivity index (χ1) is 8.85. The Bertz CT molecular complexity index is 365. The highest BCUT2D eigenvalue weighted by Crippen LogP contribution is 2.26. The molecule has 1 aromatic carbocycles. The smallest absolute Gasteiger partial charge is 0.0507 e. The van der Waals surface area contributed by atoms with Crippen LogP contribution in [0.4, 0.5) is 5.69 Å². The molecule has 1 aromatic rings. The van der Waals surface area contributed by atoms with Crippen LogP contribution in [0.3, 0.4) is 0 Å². The zero-order valence-corrected chi connectivity index (χ0v) is 11.3. The Morgan fingerprint density at radius 2 is 2.22 bits per heavy atom. The number of ether oxygens (including phenoxy) is 1. The Kier molecular flexibility index (Phi) is 5.02. The summed E-state index contributed by atoms with van der Waals surface area (Å²) >= 11 is 0. The second-order valence-corrected chi connectivity index (χ2v) is 5.08. The number of rotatable bonds is 5. The van der Waals surface area contributed by atoms with Crippen molar-refractivity contribution in [3.05, 3.63) is 29.8 Å². The van der Waals surface area contributed by atoms with Crippen molar-refractivity contribution in [2.75, 3.05) is 38.3 Å². The average molecular weight is 248 g/mol. The van der Waals surface area contributed by atoms with Gasteiger partial charge in [-0.15, -0.1) is 0 Å². The fourth-order valence-corrected chi connectivity index (χ4v) is 2.84. The fraction of sp³-hybridized carbons (Fsp3) is 0.600. The van der Waals surface area contributed by atoms with Crippen LogP contribution < -0.4 is 10.6 Å². The highest BCUT2D eigenvalue weighted by atomic mass is 16.5. The van der Waals surface area contributed by atoms with Crippen LogP contribution >= 0.6 is 0 Å². The number of nitrogens with two attached hydrogens (primary N) is 1. The average Bonchev–Trinajstić information content (AvgIpc) is 2.40. The molecule has 0 amide bonds. The third kappa shape index (κ3) is 3.24. The van der Waals surface area contributed by atoms with E-state index in [-0.39, 0.29) is 0 Å². The van der Waals surface area contributed by atoms with Crippen LogP contribution in [0.25, 0.3) is 0 Å². The molecule has 1 aliphatic heterocycles. The summed E-state index contributed by atoms with van der Waals surface area (Å²) in [6.45, 7) is 3.85. The van der Waals surface area contributed by atoms with Gasteiger partial charge in [-0.1, -0.05) is 18.2 Å². The molecular formula is C15H24N2O. The van der Waals surface area contributed by atoms with Gasteiger partial charge in [-0.25, -0.2) is 0 Å². The maximum atomic E-state index is 5.70. The van der Waals surface area contributed by atoms with E-state index in [4.69, 9.17) is 10.5 Å². The third-order valence-corrected chi connectivity index (χ3v) is 3.67. The summed E-state index contributed by atoms with van der Waals surface area (Å²) in [5.74, 6) is 0.662. The molecule has 3 nitrogen and oxygen atoms in total. The number of methoxy groups -OCH3 is 1. The quantitative estimate of drug-likeness (QED) is 0.866. The second kappa shape index (κ2) is 6.76. The first-order valence-electron chi connectivity index (χ1n) is 6.87. The van der Waals surface area contributed by atoms with Crippen molar-refractivity contribution in [1.29, 1.82) is 0 Å². The molecule has 2 N–H and O–H groups in total. The molecule has 1 unspecified atom stereocenters. The summed E-state index contributed by atoms with van der Waals surface area (Å²) < 4.78 is 5.30. The zero-order valence-electron chi connectivity index (χ0n) is 11.3. The van der Waals surface area contributed by atoms with Gasteiger partial charge in [-0.2, -0.15) is 0 Å². The van der Waals surface area contributed by atoms with E-state index in [1.54, 1.807) is 7.11 Å². The summed E-state index contributed by atoms with van der Waals surface area (Å²) in [6.07, 6.45) is 3.50. The topological polar surface area (TPSA) is 38.5 Å². The Labute approximate surface area is 110 Å². The molecule has 0 spiro atoms. The molecule has 0 aromatic heterocycles. The lowest BCUT2D eigenvalue weighted by Crippen LogP contribution is -2.37. The van der Waals surface area contributed by atoms with Crippen LogP contribution in [0.15, 0.2) is 24.3 Å². The van der Waals surface area contributed by atoms with Gasteiger partial charge in [-0.05, 0) is 43.4 Å². The predicted molar refractivity (Wildman–Crippen MR) is 76.0 cm³/mol. The van der Waals surface area contributed by atoms with Gasteiger partial charge >= 0.3 is 0 Å². The lowest BCUT2D eigenvalue weighted by atomic mass is 9.97. The van der Waals surface area contributed by atoms with E-state index < -0.39 is 0 Å². The van der Waals surface area contributed by atoms with Gasteiger partial charge in [-0.3, -0.25) is 0 Å². The molecule has 1 atom stereocenters. The normalized spacial score (nSPS) is 20.1. The molecular weight excluding hydrogens is 224 g/mol. The van der Waals surface area contributed by atoms with Crippen LogP contribution in [0, 0.1) is 5.92 Å². The van der Waals surface area contributed by atoms with Gasteiger partial charge < -0.3 is 15.4 Å². The number of nitrogens with zero attached hydrogens (tertiary/aromatic N) is 1. The number of anilines is 1. The van der Waals surface area contributed by atoms with Crippen molar-refractivity contribution in [2.45, 2.75) is 19.3 Å². The van der Waals surface area contributed by atoms with Crippen LogP contribution in [0.1, 0.15) is 18.4 Å². The van der Waals surface area contributed by atoms with Crippen LogP contribution in [0.2, 0.25) is 0 Å². The summed E-state index contributed by atoms with van der Waals surface area (Å²) in [4.78, 5) is 2.50. The molecule has 2 rings (SSSR count). The number of hydrogen-bond acceptors (Lipinski definition) is 3. The van der Waals surface area contributed by atoms with Gasteiger partial charge in [0.25, 0.3) is 0 Å². The van der Waals surface area contributed by atoms with Crippen molar-refractivity contribution in [2.24, 2.45) is 11.7 Å². The maximum Gasteiger partial charge on any atom is 0.0507 e. The van der Waals surface area contributed by atoms with E-state index in [1.165, 1.54) is 24.1 Å². The SMILES string of the molecule is COCC1CCCN(c2ccccc2CCN)C1. The van der Waals surface area contributed by atoms with Crippen molar-refractivity contribution in [1.82, 2.24) is 0 Å². The third-order valence-electron chi connectivity index (χ3n) is 3.67. The van der Waals surface area contributed by atoms with Crippen molar-refractivity contribution in [3.8, 4) is 0 Å². The summed E-state index contributed by atoms with van der Waals surface area (Å²) in [5.41, 5.74) is 8.43. The lowest BCUT2D eigenvalue weighted by molar-refractivity contribution is 0.143. The fourth-order valence-electron chi connectivity index (χ4n) is 2.84. The number of hydrogen-bond donors (Lipinski definition) is 1. The van der Waals surface area contributed by atoms with E-state index in [2.05, 4.69) is 29.2 Å². The molecule has 1 heterocycles. The monoisotopic (exact) mass is 248 g/mol. The second-order valence-electron chi connectivity index (χ2n) is 5.08.